The van der Waals surface area contributed by atoms with E-state index in [2.05, 4.69) is 53.2 Å². The highest BCUT2D eigenvalue weighted by atomic mass is 16.5. The maximum atomic E-state index is 12.8. The normalized spacial score (nSPS) is 12.7. The highest BCUT2D eigenvalue weighted by Gasteiger charge is 2.23. The summed E-state index contributed by atoms with van der Waals surface area (Å²) < 4.78 is 6.01. The molecule has 0 saturated heterocycles. The number of rotatable bonds is 3. The predicted molar refractivity (Wildman–Crippen MR) is 123 cm³/mol. The number of amides is 1. The van der Waals surface area contributed by atoms with E-state index >= 15 is 0 Å². The summed E-state index contributed by atoms with van der Waals surface area (Å²) in [5.41, 5.74) is 5.28. The van der Waals surface area contributed by atoms with Crippen molar-refractivity contribution in [2.45, 2.75) is 26.4 Å². The van der Waals surface area contributed by atoms with Crippen LogP contribution in [0.3, 0.4) is 0 Å². The van der Waals surface area contributed by atoms with Crippen LogP contribution in [-0.2, 0) is 17.8 Å². The average molecular weight is 409 g/mol. The van der Waals surface area contributed by atoms with Gasteiger partial charge in [-0.3, -0.25) is 4.79 Å². The maximum Gasteiger partial charge on any atom is 0.296 e. The monoisotopic (exact) mass is 408 g/mol. The summed E-state index contributed by atoms with van der Waals surface area (Å²) in [6.07, 6.45) is 0.579. The number of carbonyl (C=O) groups excluding carboxylic acids is 1. The Labute approximate surface area is 183 Å². The Bertz CT molecular complexity index is 1110. The molecule has 0 bridgehead atoms. The zero-order valence-electron chi connectivity index (χ0n) is 17.5. The second-order valence-corrected chi connectivity index (χ2v) is 7.26. The minimum Gasteiger partial charge on any atom is -0.464 e. The topological polar surface area (TPSA) is 41.9 Å². The Kier molecular flexibility index (Phi) is 6.44. The molecule has 4 rings (SSSR count). The molecule has 31 heavy (non-hydrogen) atoms. The number of aliphatic imine (C=N–C) groups is 1. The van der Waals surface area contributed by atoms with Crippen molar-refractivity contribution in [1.29, 1.82) is 0 Å². The van der Waals surface area contributed by atoms with Crippen LogP contribution < -0.4 is 0 Å². The smallest absolute Gasteiger partial charge is 0.296 e. The van der Waals surface area contributed by atoms with Crippen molar-refractivity contribution in [3.63, 3.8) is 0 Å². The largest absolute Gasteiger partial charge is 0.464 e. The van der Waals surface area contributed by atoms with Gasteiger partial charge in [0.1, 0.15) is 6.61 Å². The Morgan fingerprint density at radius 2 is 1.48 bits per heavy atom. The van der Waals surface area contributed by atoms with Crippen molar-refractivity contribution in [1.82, 2.24) is 4.90 Å². The second-order valence-electron chi connectivity index (χ2n) is 7.26. The van der Waals surface area contributed by atoms with Crippen LogP contribution in [0.4, 0.5) is 0 Å². The third-order valence-electron chi connectivity index (χ3n) is 5.17. The third kappa shape index (κ3) is 4.84. The van der Waals surface area contributed by atoms with Gasteiger partial charge in [-0.1, -0.05) is 66.7 Å². The molecule has 0 aromatic heterocycles. The van der Waals surface area contributed by atoms with E-state index in [1.54, 1.807) is 19.1 Å². The highest BCUT2D eigenvalue weighted by molar-refractivity contribution is 6.01. The molecule has 3 aromatic rings. The molecule has 4 heteroatoms. The Balaban J connectivity index is 1.71. The van der Waals surface area contributed by atoms with E-state index in [4.69, 9.17) is 4.74 Å². The van der Waals surface area contributed by atoms with Crippen molar-refractivity contribution in [2.24, 2.45) is 4.99 Å². The second kappa shape index (κ2) is 9.77. The van der Waals surface area contributed by atoms with Gasteiger partial charge in [0.25, 0.3) is 11.9 Å². The van der Waals surface area contributed by atoms with Crippen LogP contribution in [0, 0.1) is 11.8 Å². The van der Waals surface area contributed by atoms with Gasteiger partial charge in [0.2, 0.25) is 0 Å². The number of amidine groups is 1. The summed E-state index contributed by atoms with van der Waals surface area (Å²) in [5, 5.41) is 0. The van der Waals surface area contributed by atoms with Gasteiger partial charge in [0, 0.05) is 25.1 Å². The standard InChI is InChI=1S/C27H24N2O2/c1-2-3-11-18-31-27(28-26(30)21-12-5-4-6-13-21)29-19-22-14-7-9-16-24(22)25-17-10-8-15-23(25)20-29/h4-10,12-17H,11,18-20H2,1H3. The summed E-state index contributed by atoms with van der Waals surface area (Å²) in [6.45, 7) is 3.38. The molecule has 1 amide bonds. The maximum absolute atomic E-state index is 12.8. The van der Waals surface area contributed by atoms with Crippen molar-refractivity contribution >= 4 is 11.9 Å². The Morgan fingerprint density at radius 1 is 0.903 bits per heavy atom. The van der Waals surface area contributed by atoms with Gasteiger partial charge in [-0.2, -0.15) is 4.99 Å². The minimum atomic E-state index is -0.317. The molecule has 0 aliphatic carbocycles. The summed E-state index contributed by atoms with van der Waals surface area (Å²) in [7, 11) is 0. The van der Waals surface area contributed by atoms with Crippen LogP contribution in [0.2, 0.25) is 0 Å². The van der Waals surface area contributed by atoms with Crippen molar-refractivity contribution in [3.05, 3.63) is 95.6 Å². The molecule has 1 aliphatic heterocycles. The third-order valence-corrected chi connectivity index (χ3v) is 5.17. The van der Waals surface area contributed by atoms with E-state index in [0.29, 0.717) is 37.7 Å². The first kappa shape index (κ1) is 20.4. The Hall–Kier alpha value is -3.84. The molecule has 154 valence electrons. The number of carbonyl (C=O) groups is 1. The fourth-order valence-electron chi connectivity index (χ4n) is 3.69. The van der Waals surface area contributed by atoms with Crippen LogP contribution in [-0.4, -0.2) is 23.4 Å². The summed E-state index contributed by atoms with van der Waals surface area (Å²) in [5.74, 6) is 5.56. The molecule has 0 saturated carbocycles. The Morgan fingerprint density at radius 3 is 2.10 bits per heavy atom. The van der Waals surface area contributed by atoms with Gasteiger partial charge < -0.3 is 9.64 Å². The number of ether oxygens (including phenoxy) is 1. The number of hydrogen-bond donors (Lipinski definition) is 0. The van der Waals surface area contributed by atoms with E-state index in [9.17, 15) is 4.79 Å². The zero-order chi connectivity index (χ0) is 21.5. The lowest BCUT2D eigenvalue weighted by atomic mass is 9.97. The lowest BCUT2D eigenvalue weighted by Gasteiger charge is -2.24. The first-order valence-electron chi connectivity index (χ1n) is 10.4. The van der Waals surface area contributed by atoms with E-state index in [1.165, 1.54) is 22.3 Å². The SMILES string of the molecule is CC#CCCOC(=NC(=O)c1ccccc1)N1Cc2ccccc2-c2ccccc2C1. The van der Waals surface area contributed by atoms with Crippen LogP contribution in [0.15, 0.2) is 83.9 Å². The quantitative estimate of drug-likeness (QED) is 0.256. The van der Waals surface area contributed by atoms with Gasteiger partial charge in [-0.25, -0.2) is 0 Å². The van der Waals surface area contributed by atoms with E-state index in [-0.39, 0.29) is 5.91 Å². The summed E-state index contributed by atoms with van der Waals surface area (Å²) in [6, 6.07) is 26.1. The number of nitrogens with zero attached hydrogens (tertiary/aromatic N) is 2. The molecule has 0 atom stereocenters. The number of fused-ring (bicyclic) bond motifs is 3. The van der Waals surface area contributed by atoms with E-state index in [0.717, 1.165) is 0 Å². The van der Waals surface area contributed by atoms with Gasteiger partial charge in [0.15, 0.2) is 0 Å². The number of benzene rings is 3. The molecule has 0 fully saturated rings. The fourth-order valence-corrected chi connectivity index (χ4v) is 3.69. The summed E-state index contributed by atoms with van der Waals surface area (Å²) in [4.78, 5) is 19.3. The number of hydrogen-bond acceptors (Lipinski definition) is 2. The van der Waals surface area contributed by atoms with Crippen LogP contribution in [0.25, 0.3) is 11.1 Å². The molecule has 1 heterocycles. The molecule has 0 unspecified atom stereocenters. The van der Waals surface area contributed by atoms with Crippen molar-refractivity contribution < 1.29 is 9.53 Å². The van der Waals surface area contributed by atoms with Gasteiger partial charge in [-0.05, 0) is 41.3 Å². The molecule has 4 nitrogen and oxygen atoms in total. The molecule has 3 aromatic carbocycles. The first-order valence-corrected chi connectivity index (χ1v) is 10.4. The predicted octanol–water partition coefficient (Wildman–Crippen LogP) is 5.30. The lowest BCUT2D eigenvalue weighted by molar-refractivity contribution is 0.0992. The molecular weight excluding hydrogens is 384 g/mol. The molecule has 0 radical (unpaired) electrons. The van der Waals surface area contributed by atoms with Gasteiger partial charge in [-0.15, -0.1) is 11.8 Å². The van der Waals surface area contributed by atoms with Gasteiger partial charge >= 0.3 is 0 Å². The van der Waals surface area contributed by atoms with Crippen LogP contribution >= 0.6 is 0 Å². The average Bonchev–Trinajstić information content (AvgIpc) is 2.98. The van der Waals surface area contributed by atoms with E-state index in [1.807, 2.05) is 35.2 Å². The molecule has 0 spiro atoms. The zero-order valence-corrected chi connectivity index (χ0v) is 17.5. The van der Waals surface area contributed by atoms with Crippen molar-refractivity contribution in [3.8, 4) is 23.0 Å². The minimum absolute atomic E-state index is 0.317. The first-order chi connectivity index (χ1) is 15.3. The lowest BCUT2D eigenvalue weighted by Crippen LogP contribution is -2.32. The summed E-state index contributed by atoms with van der Waals surface area (Å²) >= 11 is 0. The van der Waals surface area contributed by atoms with Crippen molar-refractivity contribution in [2.75, 3.05) is 6.61 Å². The molecule has 1 aliphatic rings. The fraction of sp³-hybridized carbons (Fsp3) is 0.185. The van der Waals surface area contributed by atoms with Crippen LogP contribution in [0.5, 0.6) is 0 Å². The van der Waals surface area contributed by atoms with Gasteiger partial charge in [0.05, 0.1) is 0 Å². The molecular formula is C27H24N2O2. The molecule has 0 N–H and O–H groups in total. The van der Waals surface area contributed by atoms with E-state index < -0.39 is 0 Å². The van der Waals surface area contributed by atoms with Crippen LogP contribution in [0.1, 0.15) is 34.8 Å². The highest BCUT2D eigenvalue weighted by Crippen LogP contribution is 2.32.